The number of azide groups is 1. The summed E-state index contributed by atoms with van der Waals surface area (Å²) in [6, 6.07) is 13.9. The molecule has 7 nitrogen and oxygen atoms in total. The van der Waals surface area contributed by atoms with E-state index < -0.39 is 11.7 Å². The van der Waals surface area contributed by atoms with Crippen molar-refractivity contribution in [2.75, 3.05) is 19.7 Å². The van der Waals surface area contributed by atoms with E-state index in [0.717, 1.165) is 17.5 Å². The first-order chi connectivity index (χ1) is 14.5. The molecule has 0 spiro atoms. The zero-order valence-corrected chi connectivity index (χ0v) is 16.4. The highest BCUT2D eigenvalue weighted by Crippen LogP contribution is 2.37. The number of fused-ring (bicyclic) bond motifs is 1. The summed E-state index contributed by atoms with van der Waals surface area (Å²) in [6.07, 6.45) is 0.704. The first-order valence-electron chi connectivity index (χ1n) is 9.99. The Morgan fingerprint density at radius 3 is 2.77 bits per heavy atom. The predicted octanol–water partition coefficient (Wildman–Crippen LogP) is 3.52. The smallest absolute Gasteiger partial charge is 0.252 e. The van der Waals surface area contributed by atoms with Crippen molar-refractivity contribution >= 4 is 5.91 Å². The number of amides is 1. The average molecular weight is 410 g/mol. The van der Waals surface area contributed by atoms with Gasteiger partial charge in [0.2, 0.25) is 0 Å². The summed E-state index contributed by atoms with van der Waals surface area (Å²) in [5.41, 5.74) is 10.3. The van der Waals surface area contributed by atoms with Crippen LogP contribution in [0.1, 0.15) is 35.6 Å². The summed E-state index contributed by atoms with van der Waals surface area (Å²) in [6.45, 7) is 0.383. The van der Waals surface area contributed by atoms with E-state index in [-0.39, 0.29) is 30.9 Å². The van der Waals surface area contributed by atoms with Gasteiger partial charge in [0, 0.05) is 11.5 Å². The Kier molecular flexibility index (Phi) is 5.72. The molecule has 4 rings (SSSR count). The second kappa shape index (κ2) is 8.44. The van der Waals surface area contributed by atoms with Gasteiger partial charge in [0.15, 0.2) is 0 Å². The topological polar surface area (TPSA) is 98.5 Å². The third-order valence-corrected chi connectivity index (χ3v) is 5.88. The molecule has 3 atom stereocenters. The van der Waals surface area contributed by atoms with Gasteiger partial charge in [-0.1, -0.05) is 41.5 Å². The van der Waals surface area contributed by atoms with E-state index in [1.54, 1.807) is 17.0 Å². The second-order valence-corrected chi connectivity index (χ2v) is 7.89. The highest BCUT2D eigenvalue weighted by Gasteiger charge is 2.40. The Labute approximate surface area is 173 Å². The number of hydrogen-bond acceptors (Lipinski definition) is 4. The summed E-state index contributed by atoms with van der Waals surface area (Å²) in [7, 11) is 0. The largest absolute Gasteiger partial charge is 0.387 e. The third-order valence-electron chi connectivity index (χ3n) is 5.88. The lowest BCUT2D eigenvalue weighted by atomic mass is 9.87. The van der Waals surface area contributed by atoms with Crippen LogP contribution in [0.5, 0.6) is 0 Å². The molecule has 2 aromatic rings. The summed E-state index contributed by atoms with van der Waals surface area (Å²) in [4.78, 5) is 17.9. The van der Waals surface area contributed by atoms with E-state index in [1.165, 1.54) is 17.7 Å². The maximum absolute atomic E-state index is 13.5. The van der Waals surface area contributed by atoms with Crippen molar-refractivity contribution in [2.45, 2.75) is 37.0 Å². The summed E-state index contributed by atoms with van der Waals surface area (Å²) in [5, 5.41) is 13.9. The molecule has 1 fully saturated rings. The molecule has 0 radical (unpaired) electrons. The second-order valence-electron chi connectivity index (χ2n) is 7.89. The van der Waals surface area contributed by atoms with E-state index in [4.69, 9.17) is 10.3 Å². The Morgan fingerprint density at radius 1 is 1.30 bits per heavy atom. The molecule has 2 aliphatic heterocycles. The molecule has 0 saturated carbocycles. The lowest BCUT2D eigenvalue weighted by Gasteiger charge is -2.41. The van der Waals surface area contributed by atoms with Crippen molar-refractivity contribution in [1.82, 2.24) is 4.90 Å². The van der Waals surface area contributed by atoms with Gasteiger partial charge < -0.3 is 14.7 Å². The van der Waals surface area contributed by atoms with Crippen molar-refractivity contribution < 1.29 is 19.0 Å². The van der Waals surface area contributed by atoms with E-state index in [0.29, 0.717) is 19.4 Å². The molecule has 0 aliphatic carbocycles. The fourth-order valence-corrected chi connectivity index (χ4v) is 4.29. The minimum absolute atomic E-state index is 0.0614. The first kappa shape index (κ1) is 20.3. The van der Waals surface area contributed by atoms with Crippen LogP contribution in [-0.2, 0) is 16.0 Å². The number of carbonyl (C=O) groups excluding carboxylic acids is 1. The normalized spacial score (nSPS) is 25.9. The molecule has 0 unspecified atom stereocenters. The Morgan fingerprint density at radius 2 is 2.07 bits per heavy atom. The fraction of sp³-hybridized carbons (Fsp3) is 0.409. The van der Waals surface area contributed by atoms with Gasteiger partial charge in [-0.05, 0) is 53.6 Å². The monoisotopic (exact) mass is 410 g/mol. The highest BCUT2D eigenvalue weighted by atomic mass is 19.1. The van der Waals surface area contributed by atoms with Crippen LogP contribution in [0.2, 0.25) is 0 Å². The van der Waals surface area contributed by atoms with Crippen LogP contribution >= 0.6 is 0 Å². The van der Waals surface area contributed by atoms with Crippen molar-refractivity contribution in [3.05, 3.63) is 81.5 Å². The van der Waals surface area contributed by atoms with Gasteiger partial charge in [-0.2, -0.15) is 0 Å². The van der Waals surface area contributed by atoms with Crippen LogP contribution in [0, 0.1) is 5.82 Å². The van der Waals surface area contributed by atoms with E-state index >= 15 is 0 Å². The standard InChI is InChI=1S/C22H23FN4O3/c23-17-7-5-16(6-8-17)20-18-4-2-1-3-15(18)10-12-27(20)21(28)19-9-11-22(29,14-30-19)13-25-26-24/h1-8,19-20,29H,9-14H2/t19-,20+,22-/m1/s1. The van der Waals surface area contributed by atoms with E-state index in [1.807, 2.05) is 18.2 Å². The number of carbonyl (C=O) groups is 1. The van der Waals surface area contributed by atoms with Gasteiger partial charge in [-0.3, -0.25) is 4.79 Å². The summed E-state index contributed by atoms with van der Waals surface area (Å²) < 4.78 is 19.2. The number of aliphatic hydroxyl groups is 1. The molecule has 2 aliphatic rings. The molecule has 0 bridgehead atoms. The summed E-state index contributed by atoms with van der Waals surface area (Å²) >= 11 is 0. The first-order valence-corrected chi connectivity index (χ1v) is 9.99. The minimum atomic E-state index is -1.24. The third kappa shape index (κ3) is 4.03. The van der Waals surface area contributed by atoms with Crippen molar-refractivity contribution in [3.63, 3.8) is 0 Å². The maximum atomic E-state index is 13.5. The molecule has 0 aromatic heterocycles. The van der Waals surface area contributed by atoms with Crippen LogP contribution in [0.15, 0.2) is 53.6 Å². The van der Waals surface area contributed by atoms with Crippen LogP contribution in [0.25, 0.3) is 10.4 Å². The lowest BCUT2D eigenvalue weighted by Crippen LogP contribution is -2.51. The average Bonchev–Trinajstić information content (AvgIpc) is 2.78. The fourth-order valence-electron chi connectivity index (χ4n) is 4.29. The Balaban J connectivity index is 1.58. The molecule has 30 heavy (non-hydrogen) atoms. The van der Waals surface area contributed by atoms with Crippen LogP contribution in [0.3, 0.4) is 0 Å². The van der Waals surface area contributed by atoms with Crippen molar-refractivity contribution in [1.29, 1.82) is 0 Å². The predicted molar refractivity (Wildman–Crippen MR) is 108 cm³/mol. The van der Waals surface area contributed by atoms with Gasteiger partial charge in [0.05, 0.1) is 24.8 Å². The number of halogens is 1. The molecular formula is C22H23FN4O3. The SMILES string of the molecule is [N-]=[N+]=NC[C@]1(O)CC[C@H](C(=O)N2CCc3ccccc3[C@@H]2c2ccc(F)cc2)OC1. The number of hydrogen-bond donors (Lipinski definition) is 1. The zero-order valence-electron chi connectivity index (χ0n) is 16.4. The van der Waals surface area contributed by atoms with E-state index in [9.17, 15) is 14.3 Å². The molecule has 1 amide bonds. The van der Waals surface area contributed by atoms with Gasteiger partial charge >= 0.3 is 0 Å². The quantitative estimate of drug-likeness (QED) is 0.474. The number of rotatable bonds is 4. The molecule has 1 N–H and O–H groups in total. The van der Waals surface area contributed by atoms with Gasteiger partial charge in [0.1, 0.15) is 11.9 Å². The Bertz CT molecular complexity index is 967. The van der Waals surface area contributed by atoms with E-state index in [2.05, 4.69) is 16.1 Å². The molecule has 2 aromatic carbocycles. The maximum Gasteiger partial charge on any atom is 0.252 e. The molecule has 2 heterocycles. The molecule has 8 heteroatoms. The highest BCUT2D eigenvalue weighted by molar-refractivity contribution is 5.82. The zero-order chi connectivity index (χ0) is 21.1. The number of nitrogens with zero attached hydrogens (tertiary/aromatic N) is 4. The molecule has 1 saturated heterocycles. The van der Waals surface area contributed by atoms with Crippen LogP contribution in [-0.4, -0.2) is 47.3 Å². The van der Waals surface area contributed by atoms with Crippen molar-refractivity contribution in [2.24, 2.45) is 5.11 Å². The molecular weight excluding hydrogens is 387 g/mol. The minimum Gasteiger partial charge on any atom is -0.387 e. The van der Waals surface area contributed by atoms with Crippen LogP contribution < -0.4 is 0 Å². The lowest BCUT2D eigenvalue weighted by molar-refractivity contribution is -0.162. The summed E-state index contributed by atoms with van der Waals surface area (Å²) in [5.74, 6) is -0.472. The van der Waals surface area contributed by atoms with Crippen LogP contribution in [0.4, 0.5) is 4.39 Å². The van der Waals surface area contributed by atoms with Crippen molar-refractivity contribution in [3.8, 4) is 0 Å². The Hall–Kier alpha value is -2.93. The number of benzene rings is 2. The molecule has 156 valence electrons. The van der Waals surface area contributed by atoms with Gasteiger partial charge in [-0.15, -0.1) is 0 Å². The van der Waals surface area contributed by atoms with Gasteiger partial charge in [-0.25, -0.2) is 4.39 Å². The number of ether oxygens (including phenoxy) is 1. The van der Waals surface area contributed by atoms with Gasteiger partial charge in [0.25, 0.3) is 5.91 Å².